The maximum atomic E-state index is 12.6. The van der Waals surface area contributed by atoms with Gasteiger partial charge in [0.05, 0.1) is 12.2 Å². The van der Waals surface area contributed by atoms with E-state index in [-0.39, 0.29) is 18.3 Å². The molecule has 3 aromatic heterocycles. The van der Waals surface area contributed by atoms with Crippen molar-refractivity contribution < 1.29 is 22.5 Å². The Morgan fingerprint density at radius 1 is 1.07 bits per heavy atom. The van der Waals surface area contributed by atoms with Crippen molar-refractivity contribution >= 4 is 11.6 Å². The average molecular weight is 387 g/mol. The molecule has 0 aliphatic heterocycles. The van der Waals surface area contributed by atoms with Gasteiger partial charge in [-0.05, 0) is 24.3 Å². The van der Waals surface area contributed by atoms with E-state index in [4.69, 9.17) is 0 Å². The van der Waals surface area contributed by atoms with Crippen LogP contribution in [0.5, 0.6) is 0 Å². The molecule has 28 heavy (non-hydrogen) atoms. The number of hydrogen-bond donors (Lipinski definition) is 1. The number of fused-ring (bicyclic) bond motifs is 1. The van der Waals surface area contributed by atoms with Gasteiger partial charge in [-0.25, -0.2) is 4.98 Å². The van der Waals surface area contributed by atoms with Crippen molar-refractivity contribution in [1.29, 1.82) is 0 Å². The van der Waals surface area contributed by atoms with Gasteiger partial charge in [-0.3, -0.25) is 4.79 Å². The Morgan fingerprint density at radius 3 is 2.57 bits per heavy atom. The highest BCUT2D eigenvalue weighted by atomic mass is 19.4. The van der Waals surface area contributed by atoms with Crippen LogP contribution in [0.15, 0.2) is 59.4 Å². The fourth-order valence-electron chi connectivity index (χ4n) is 2.58. The molecule has 0 unspecified atom stereocenters. The van der Waals surface area contributed by atoms with Gasteiger partial charge in [0.25, 0.3) is 5.91 Å². The minimum atomic E-state index is -4.70. The highest BCUT2D eigenvalue weighted by Crippen LogP contribution is 2.29. The van der Waals surface area contributed by atoms with Crippen molar-refractivity contribution in [2.24, 2.45) is 0 Å². The molecule has 142 valence electrons. The van der Waals surface area contributed by atoms with Crippen LogP contribution < -0.4 is 5.32 Å². The van der Waals surface area contributed by atoms with Crippen LogP contribution in [-0.4, -0.2) is 25.4 Å². The topological polar surface area (TPSA) is 85.3 Å². The molecule has 0 fully saturated rings. The monoisotopic (exact) mass is 387 g/mol. The summed E-state index contributed by atoms with van der Waals surface area (Å²) in [5.41, 5.74) is 2.02. The maximum Gasteiger partial charge on any atom is 0.471 e. The Labute approximate surface area is 155 Å². The number of nitrogens with one attached hydrogen (secondary N) is 1. The SMILES string of the molecule is O=C(NCc1cn2cc(-c3noc(C(F)(F)F)n3)ccc2n1)c1ccccc1. The van der Waals surface area contributed by atoms with Gasteiger partial charge in [0.15, 0.2) is 0 Å². The maximum absolute atomic E-state index is 12.6. The Morgan fingerprint density at radius 2 is 1.86 bits per heavy atom. The summed E-state index contributed by atoms with van der Waals surface area (Å²) in [6, 6.07) is 11.9. The van der Waals surface area contributed by atoms with Crippen molar-refractivity contribution in [3.05, 3.63) is 72.0 Å². The van der Waals surface area contributed by atoms with Crippen molar-refractivity contribution in [3.63, 3.8) is 0 Å². The molecule has 7 nitrogen and oxygen atoms in total. The Hall–Kier alpha value is -3.69. The van der Waals surface area contributed by atoms with Gasteiger partial charge in [-0.2, -0.15) is 18.2 Å². The summed E-state index contributed by atoms with van der Waals surface area (Å²) in [6.45, 7) is 0.200. The molecule has 0 spiro atoms. The molecule has 4 aromatic rings. The lowest BCUT2D eigenvalue weighted by atomic mass is 10.2. The second-order valence-corrected chi connectivity index (χ2v) is 5.89. The third-order valence-electron chi connectivity index (χ3n) is 3.89. The number of alkyl halides is 3. The fourth-order valence-corrected chi connectivity index (χ4v) is 2.58. The number of halogens is 3. The minimum Gasteiger partial charge on any atom is -0.346 e. The van der Waals surface area contributed by atoms with Gasteiger partial charge in [0.2, 0.25) is 5.82 Å². The fraction of sp³-hybridized carbons (Fsp3) is 0.111. The minimum absolute atomic E-state index is 0.179. The van der Waals surface area contributed by atoms with Gasteiger partial charge < -0.3 is 14.2 Å². The number of rotatable bonds is 4. The number of hydrogen-bond acceptors (Lipinski definition) is 5. The zero-order chi connectivity index (χ0) is 19.7. The molecule has 1 amide bonds. The molecule has 10 heteroatoms. The summed E-state index contributed by atoms with van der Waals surface area (Å²) in [7, 11) is 0. The highest BCUT2D eigenvalue weighted by Gasteiger charge is 2.38. The molecule has 0 saturated heterocycles. The second kappa shape index (κ2) is 6.80. The first-order valence-electron chi connectivity index (χ1n) is 8.12. The highest BCUT2D eigenvalue weighted by molar-refractivity contribution is 5.94. The van der Waals surface area contributed by atoms with Gasteiger partial charge in [0, 0.05) is 23.5 Å². The van der Waals surface area contributed by atoms with E-state index in [0.717, 1.165) is 0 Å². The van der Waals surface area contributed by atoms with Crippen LogP contribution in [0.1, 0.15) is 21.9 Å². The van der Waals surface area contributed by atoms with Gasteiger partial charge in [0.1, 0.15) is 5.65 Å². The number of aromatic nitrogens is 4. The molecule has 0 saturated carbocycles. The molecule has 4 rings (SSSR count). The van der Waals surface area contributed by atoms with Crippen LogP contribution in [0, 0.1) is 0 Å². The first-order chi connectivity index (χ1) is 13.4. The first-order valence-corrected chi connectivity index (χ1v) is 8.12. The van der Waals surface area contributed by atoms with Gasteiger partial charge in [-0.15, -0.1) is 0 Å². The normalized spacial score (nSPS) is 11.7. The lowest BCUT2D eigenvalue weighted by Crippen LogP contribution is -2.22. The zero-order valence-corrected chi connectivity index (χ0v) is 14.1. The van der Waals surface area contributed by atoms with Gasteiger partial charge in [-0.1, -0.05) is 23.4 Å². The van der Waals surface area contributed by atoms with E-state index in [9.17, 15) is 18.0 Å². The van der Waals surface area contributed by atoms with E-state index in [2.05, 4.69) is 25.0 Å². The first kappa shape index (κ1) is 17.7. The zero-order valence-electron chi connectivity index (χ0n) is 14.1. The van der Waals surface area contributed by atoms with E-state index >= 15 is 0 Å². The third kappa shape index (κ3) is 3.56. The Balaban J connectivity index is 1.52. The molecular formula is C18H12F3N5O2. The van der Waals surface area contributed by atoms with E-state index in [1.807, 2.05) is 6.07 Å². The van der Waals surface area contributed by atoms with Crippen molar-refractivity contribution in [2.45, 2.75) is 12.7 Å². The van der Waals surface area contributed by atoms with E-state index in [1.165, 1.54) is 6.20 Å². The quantitative estimate of drug-likeness (QED) is 0.581. The summed E-state index contributed by atoms with van der Waals surface area (Å²) >= 11 is 0. The van der Waals surface area contributed by atoms with E-state index in [1.54, 1.807) is 47.0 Å². The summed E-state index contributed by atoms with van der Waals surface area (Å²) in [5.74, 6) is -1.82. The van der Waals surface area contributed by atoms with Crippen LogP contribution in [0.25, 0.3) is 17.0 Å². The van der Waals surface area contributed by atoms with Crippen LogP contribution >= 0.6 is 0 Å². The number of nitrogens with zero attached hydrogens (tertiary/aromatic N) is 4. The molecular weight excluding hydrogens is 375 g/mol. The second-order valence-electron chi connectivity index (χ2n) is 5.89. The average Bonchev–Trinajstić information content (AvgIpc) is 3.32. The number of imidazole rings is 1. The predicted molar refractivity (Wildman–Crippen MR) is 91.1 cm³/mol. The lowest BCUT2D eigenvalue weighted by molar-refractivity contribution is -0.159. The number of benzene rings is 1. The summed E-state index contributed by atoms with van der Waals surface area (Å²) in [5, 5.41) is 6.13. The molecule has 3 heterocycles. The van der Waals surface area contributed by atoms with Crippen molar-refractivity contribution in [2.75, 3.05) is 0 Å². The molecule has 0 bridgehead atoms. The molecule has 0 atom stereocenters. The van der Waals surface area contributed by atoms with Crippen molar-refractivity contribution in [1.82, 2.24) is 24.8 Å². The molecule has 1 N–H and O–H groups in total. The van der Waals surface area contributed by atoms with Crippen LogP contribution in [0.2, 0.25) is 0 Å². The third-order valence-corrected chi connectivity index (χ3v) is 3.89. The Bertz CT molecular complexity index is 1140. The van der Waals surface area contributed by atoms with E-state index in [0.29, 0.717) is 22.5 Å². The number of carbonyl (C=O) groups excluding carboxylic acids is 1. The molecule has 0 aliphatic carbocycles. The summed E-state index contributed by atoms with van der Waals surface area (Å²) in [6.07, 6.45) is -1.50. The summed E-state index contributed by atoms with van der Waals surface area (Å²) in [4.78, 5) is 19.8. The van der Waals surface area contributed by atoms with E-state index < -0.39 is 12.1 Å². The molecule has 1 aromatic carbocycles. The van der Waals surface area contributed by atoms with Crippen LogP contribution in [0.4, 0.5) is 13.2 Å². The smallest absolute Gasteiger partial charge is 0.346 e. The standard InChI is InChI=1S/C18H12F3N5O2/c19-18(20,21)17-24-15(25-28-17)12-6-7-14-23-13(10-26(14)9-12)8-22-16(27)11-4-2-1-3-5-11/h1-7,9-10H,8H2,(H,22,27). The predicted octanol–water partition coefficient (Wildman–Crippen LogP) is 3.33. The van der Waals surface area contributed by atoms with Crippen molar-refractivity contribution in [3.8, 4) is 11.4 Å². The molecule has 0 aliphatic rings. The number of carbonyl (C=O) groups is 1. The lowest BCUT2D eigenvalue weighted by Gasteiger charge is -2.02. The van der Waals surface area contributed by atoms with Crippen LogP contribution in [-0.2, 0) is 12.7 Å². The number of amides is 1. The van der Waals surface area contributed by atoms with Crippen LogP contribution in [0.3, 0.4) is 0 Å². The Kier molecular flexibility index (Phi) is 4.30. The largest absolute Gasteiger partial charge is 0.471 e. The molecule has 0 radical (unpaired) electrons. The summed E-state index contributed by atoms with van der Waals surface area (Å²) < 4.78 is 43.7. The number of pyridine rings is 1. The van der Waals surface area contributed by atoms with Gasteiger partial charge >= 0.3 is 12.1 Å².